The highest BCUT2D eigenvalue weighted by atomic mass is 35.5. The number of hydrogen-bond donors (Lipinski definition) is 1. The molecule has 25 heavy (non-hydrogen) atoms. The lowest BCUT2D eigenvalue weighted by Gasteiger charge is -2.14. The van der Waals surface area contributed by atoms with E-state index in [1.807, 2.05) is 31.2 Å². The zero-order valence-corrected chi connectivity index (χ0v) is 15.0. The van der Waals surface area contributed by atoms with Gasteiger partial charge in [0.15, 0.2) is 5.75 Å². The van der Waals surface area contributed by atoms with E-state index in [0.717, 1.165) is 5.56 Å². The van der Waals surface area contributed by atoms with Crippen LogP contribution in [0.1, 0.15) is 5.56 Å². The minimum absolute atomic E-state index is 0.179. The van der Waals surface area contributed by atoms with E-state index in [4.69, 9.17) is 16.3 Å². The van der Waals surface area contributed by atoms with Crippen LogP contribution < -0.4 is 9.46 Å². The Morgan fingerprint density at radius 1 is 0.920 bits per heavy atom. The zero-order chi connectivity index (χ0) is 17.9. The van der Waals surface area contributed by atoms with Crippen molar-refractivity contribution in [3.05, 3.63) is 83.4 Å². The third kappa shape index (κ3) is 4.32. The monoisotopic (exact) mass is 373 g/mol. The highest BCUT2D eigenvalue weighted by Crippen LogP contribution is 2.33. The van der Waals surface area contributed by atoms with E-state index in [9.17, 15) is 8.42 Å². The molecule has 0 amide bonds. The van der Waals surface area contributed by atoms with Gasteiger partial charge in [-0.05, 0) is 55.0 Å². The summed E-state index contributed by atoms with van der Waals surface area (Å²) >= 11 is 6.03. The van der Waals surface area contributed by atoms with Crippen LogP contribution >= 0.6 is 11.6 Å². The second-order valence-corrected chi connectivity index (χ2v) is 7.60. The fourth-order valence-electron chi connectivity index (χ4n) is 2.27. The third-order valence-electron chi connectivity index (χ3n) is 3.46. The molecule has 0 atom stereocenters. The first kappa shape index (κ1) is 17.3. The summed E-state index contributed by atoms with van der Waals surface area (Å²) in [5.74, 6) is 0.965. The van der Waals surface area contributed by atoms with Gasteiger partial charge in [0.05, 0.1) is 10.6 Å². The third-order valence-corrected chi connectivity index (χ3v) is 5.06. The number of para-hydroxylation sites is 1. The van der Waals surface area contributed by atoms with Gasteiger partial charge < -0.3 is 4.74 Å². The van der Waals surface area contributed by atoms with Gasteiger partial charge in [0, 0.05) is 5.02 Å². The Balaban J connectivity index is 1.95. The fraction of sp³-hybridized carbons (Fsp3) is 0.0526. The molecule has 0 spiro atoms. The van der Waals surface area contributed by atoms with E-state index >= 15 is 0 Å². The van der Waals surface area contributed by atoms with E-state index in [1.54, 1.807) is 36.4 Å². The number of aryl methyl sites for hydroxylation is 1. The maximum Gasteiger partial charge on any atom is 0.262 e. The number of sulfonamides is 1. The Kier molecular flexibility index (Phi) is 4.97. The molecule has 0 saturated heterocycles. The summed E-state index contributed by atoms with van der Waals surface area (Å²) in [5.41, 5.74) is 1.13. The van der Waals surface area contributed by atoms with Gasteiger partial charge >= 0.3 is 0 Å². The summed E-state index contributed by atoms with van der Waals surface area (Å²) in [5, 5.41) is 0.405. The minimum Gasteiger partial charge on any atom is -0.455 e. The second-order valence-electron chi connectivity index (χ2n) is 5.48. The first-order valence-electron chi connectivity index (χ1n) is 7.56. The highest BCUT2D eigenvalue weighted by molar-refractivity contribution is 7.92. The van der Waals surface area contributed by atoms with Crippen LogP contribution in [-0.4, -0.2) is 8.42 Å². The van der Waals surface area contributed by atoms with Crippen molar-refractivity contribution >= 4 is 27.3 Å². The molecule has 0 aliphatic rings. The second kappa shape index (κ2) is 7.17. The molecule has 0 saturated carbocycles. The van der Waals surface area contributed by atoms with Crippen molar-refractivity contribution in [3.63, 3.8) is 0 Å². The maximum absolute atomic E-state index is 12.7. The molecule has 0 bridgehead atoms. The van der Waals surface area contributed by atoms with E-state index in [0.29, 0.717) is 16.5 Å². The normalized spacial score (nSPS) is 11.1. The molecule has 3 aromatic carbocycles. The van der Waals surface area contributed by atoms with Crippen LogP contribution in [0.15, 0.2) is 77.7 Å². The smallest absolute Gasteiger partial charge is 0.262 e. The summed E-state index contributed by atoms with van der Waals surface area (Å²) in [6.45, 7) is 1.84. The Labute approximate surface area is 152 Å². The molecule has 0 aliphatic carbocycles. The van der Waals surface area contributed by atoms with Gasteiger partial charge in [-0.2, -0.15) is 0 Å². The van der Waals surface area contributed by atoms with Crippen LogP contribution in [0.2, 0.25) is 5.02 Å². The van der Waals surface area contributed by atoms with Crippen LogP contribution in [0.5, 0.6) is 11.5 Å². The number of nitrogens with one attached hydrogen (secondary N) is 1. The van der Waals surface area contributed by atoms with Crippen molar-refractivity contribution in [2.24, 2.45) is 0 Å². The molecule has 0 fully saturated rings. The predicted octanol–water partition coefficient (Wildman–Crippen LogP) is 5.24. The molecule has 1 N–H and O–H groups in total. The van der Waals surface area contributed by atoms with E-state index < -0.39 is 10.0 Å². The van der Waals surface area contributed by atoms with Crippen LogP contribution in [0, 0.1) is 6.92 Å². The van der Waals surface area contributed by atoms with Crippen molar-refractivity contribution in [2.45, 2.75) is 11.8 Å². The molecule has 0 aliphatic heterocycles. The molecule has 4 nitrogen and oxygen atoms in total. The van der Waals surface area contributed by atoms with Crippen molar-refractivity contribution in [2.75, 3.05) is 4.72 Å². The Morgan fingerprint density at radius 3 is 2.40 bits per heavy atom. The Bertz CT molecular complexity index is 989. The molecule has 0 aromatic heterocycles. The lowest BCUT2D eigenvalue weighted by atomic mass is 10.2. The maximum atomic E-state index is 12.7. The van der Waals surface area contributed by atoms with Crippen molar-refractivity contribution in [3.8, 4) is 11.5 Å². The lowest BCUT2D eigenvalue weighted by molar-refractivity contribution is 0.485. The van der Waals surface area contributed by atoms with E-state index in [-0.39, 0.29) is 10.6 Å². The Morgan fingerprint density at radius 2 is 1.68 bits per heavy atom. The fourth-order valence-corrected chi connectivity index (χ4v) is 3.61. The van der Waals surface area contributed by atoms with Crippen molar-refractivity contribution < 1.29 is 13.2 Å². The summed E-state index contributed by atoms with van der Waals surface area (Å²) in [4.78, 5) is 0.179. The van der Waals surface area contributed by atoms with Gasteiger partial charge in [-0.15, -0.1) is 0 Å². The first-order valence-corrected chi connectivity index (χ1v) is 9.42. The zero-order valence-electron chi connectivity index (χ0n) is 13.4. The molecule has 6 heteroatoms. The van der Waals surface area contributed by atoms with Crippen LogP contribution in [0.3, 0.4) is 0 Å². The van der Waals surface area contributed by atoms with E-state index in [2.05, 4.69) is 4.72 Å². The predicted molar refractivity (Wildman–Crippen MR) is 100.0 cm³/mol. The minimum atomic E-state index is -3.76. The number of anilines is 1. The molecule has 3 aromatic rings. The summed E-state index contributed by atoms with van der Waals surface area (Å²) in [6.07, 6.45) is 0. The molecule has 0 unspecified atom stereocenters. The lowest BCUT2D eigenvalue weighted by Crippen LogP contribution is -2.13. The van der Waals surface area contributed by atoms with Gasteiger partial charge in [-0.1, -0.05) is 41.9 Å². The van der Waals surface area contributed by atoms with E-state index in [1.165, 1.54) is 12.1 Å². The largest absolute Gasteiger partial charge is 0.455 e. The van der Waals surface area contributed by atoms with Gasteiger partial charge in [0.25, 0.3) is 10.0 Å². The number of benzene rings is 3. The van der Waals surface area contributed by atoms with Gasteiger partial charge in [0.1, 0.15) is 5.75 Å². The molecular weight excluding hydrogens is 358 g/mol. The quantitative estimate of drug-likeness (QED) is 0.665. The molecule has 0 heterocycles. The molecule has 128 valence electrons. The van der Waals surface area contributed by atoms with Crippen LogP contribution in [-0.2, 0) is 10.0 Å². The number of rotatable bonds is 5. The van der Waals surface area contributed by atoms with Crippen molar-refractivity contribution in [1.82, 2.24) is 0 Å². The van der Waals surface area contributed by atoms with Crippen LogP contribution in [0.25, 0.3) is 0 Å². The summed E-state index contributed by atoms with van der Waals surface area (Å²) < 4.78 is 33.7. The topological polar surface area (TPSA) is 55.4 Å². The number of hydrogen-bond acceptors (Lipinski definition) is 3. The average Bonchev–Trinajstić information content (AvgIpc) is 2.58. The SMILES string of the molecule is Cc1cccc(S(=O)(=O)Nc2cc(Cl)ccc2Oc2ccccc2)c1. The first-order chi connectivity index (χ1) is 11.9. The number of halogens is 1. The van der Waals surface area contributed by atoms with Gasteiger partial charge in [-0.25, -0.2) is 8.42 Å². The average molecular weight is 374 g/mol. The van der Waals surface area contributed by atoms with Crippen molar-refractivity contribution in [1.29, 1.82) is 0 Å². The molecular formula is C19H16ClNO3S. The highest BCUT2D eigenvalue weighted by Gasteiger charge is 2.17. The standard InChI is InChI=1S/C19H16ClNO3S/c1-14-6-5-9-17(12-14)25(22,23)21-18-13-15(20)10-11-19(18)24-16-7-3-2-4-8-16/h2-13,21H,1H3. The van der Waals surface area contributed by atoms with Gasteiger partial charge in [0.2, 0.25) is 0 Å². The number of ether oxygens (including phenoxy) is 1. The molecule has 3 rings (SSSR count). The summed E-state index contributed by atoms with van der Waals surface area (Å²) in [6, 6.07) is 20.6. The molecule has 0 radical (unpaired) electrons. The Hall–Kier alpha value is -2.50. The van der Waals surface area contributed by atoms with Gasteiger partial charge in [-0.3, -0.25) is 4.72 Å². The summed E-state index contributed by atoms with van der Waals surface area (Å²) in [7, 11) is -3.76. The van der Waals surface area contributed by atoms with Crippen LogP contribution in [0.4, 0.5) is 5.69 Å².